The molecule has 0 radical (unpaired) electrons. The van der Waals surface area contributed by atoms with Gasteiger partial charge in [-0.05, 0) is 18.2 Å². The molecule has 6 nitrogen and oxygen atoms in total. The molecule has 0 aliphatic heterocycles. The van der Waals surface area contributed by atoms with E-state index in [0.717, 1.165) is 17.0 Å². The van der Waals surface area contributed by atoms with Crippen LogP contribution in [0.4, 0.5) is 0 Å². The third kappa shape index (κ3) is 3.01. The Morgan fingerprint density at radius 2 is 2.00 bits per heavy atom. The Hall–Kier alpha value is -3.02. The maximum Gasteiger partial charge on any atom is 0.302 e. The number of aromatic amines is 1. The Morgan fingerprint density at radius 3 is 2.77 bits per heavy atom. The van der Waals surface area contributed by atoms with Crippen molar-refractivity contribution in [3.8, 4) is 22.9 Å². The molecule has 0 aliphatic rings. The minimum atomic E-state index is -0.330. The summed E-state index contributed by atoms with van der Waals surface area (Å²) in [5.41, 5.74) is 3.06. The molecule has 1 N–H and O–H groups in total. The van der Waals surface area contributed by atoms with Gasteiger partial charge >= 0.3 is 5.97 Å². The second kappa shape index (κ2) is 6.17. The highest BCUT2D eigenvalue weighted by Gasteiger charge is 2.12. The van der Waals surface area contributed by atoms with E-state index in [4.69, 9.17) is 4.74 Å². The van der Waals surface area contributed by atoms with Crippen LogP contribution < -0.4 is 0 Å². The average Bonchev–Trinajstić information content (AvgIpc) is 3.04. The number of H-pyrrole nitrogens is 1. The number of pyridine rings is 2. The first-order valence-corrected chi connectivity index (χ1v) is 6.78. The third-order valence-electron chi connectivity index (χ3n) is 3.06. The fourth-order valence-corrected chi connectivity index (χ4v) is 2.04. The molecule has 0 fully saturated rings. The molecule has 6 heteroatoms. The summed E-state index contributed by atoms with van der Waals surface area (Å²) < 4.78 is 5.05. The maximum absolute atomic E-state index is 11.0. The summed E-state index contributed by atoms with van der Waals surface area (Å²) >= 11 is 0. The number of imidazole rings is 1. The van der Waals surface area contributed by atoms with E-state index in [9.17, 15) is 4.79 Å². The normalized spacial score (nSPS) is 10.4. The summed E-state index contributed by atoms with van der Waals surface area (Å²) in [5.74, 6) is 0.284. The lowest BCUT2D eigenvalue weighted by atomic mass is 10.2. The molecule has 0 aliphatic carbocycles. The van der Waals surface area contributed by atoms with Gasteiger partial charge in [0.2, 0.25) is 0 Å². The monoisotopic (exact) mass is 294 g/mol. The fourth-order valence-electron chi connectivity index (χ4n) is 2.04. The van der Waals surface area contributed by atoms with Crippen molar-refractivity contribution in [1.82, 2.24) is 19.9 Å². The SMILES string of the molecule is CC(=O)OCc1cccnc1-c1ncc(-c2ccccn2)[nH]1. The van der Waals surface area contributed by atoms with Crippen LogP contribution in [0.2, 0.25) is 0 Å². The van der Waals surface area contributed by atoms with Gasteiger partial charge in [-0.2, -0.15) is 0 Å². The van der Waals surface area contributed by atoms with Crippen molar-refractivity contribution in [2.24, 2.45) is 0 Å². The van der Waals surface area contributed by atoms with Gasteiger partial charge in [0, 0.05) is 24.9 Å². The molecule has 3 rings (SSSR count). The molecule has 0 atom stereocenters. The van der Waals surface area contributed by atoms with Crippen molar-refractivity contribution in [3.63, 3.8) is 0 Å². The van der Waals surface area contributed by atoms with Crippen LogP contribution >= 0.6 is 0 Å². The van der Waals surface area contributed by atoms with E-state index >= 15 is 0 Å². The van der Waals surface area contributed by atoms with Crippen LogP contribution in [0.1, 0.15) is 12.5 Å². The van der Waals surface area contributed by atoms with E-state index in [2.05, 4.69) is 19.9 Å². The number of carbonyl (C=O) groups is 1. The van der Waals surface area contributed by atoms with Crippen molar-refractivity contribution in [2.75, 3.05) is 0 Å². The van der Waals surface area contributed by atoms with Crippen molar-refractivity contribution < 1.29 is 9.53 Å². The van der Waals surface area contributed by atoms with Crippen molar-refractivity contribution in [1.29, 1.82) is 0 Å². The minimum Gasteiger partial charge on any atom is -0.461 e. The predicted molar refractivity (Wildman–Crippen MR) is 80.5 cm³/mol. The van der Waals surface area contributed by atoms with Crippen molar-refractivity contribution in [3.05, 3.63) is 54.5 Å². The number of hydrogen-bond acceptors (Lipinski definition) is 5. The van der Waals surface area contributed by atoms with Gasteiger partial charge in [0.1, 0.15) is 12.3 Å². The largest absolute Gasteiger partial charge is 0.461 e. The number of aromatic nitrogens is 4. The molecular formula is C16H14N4O2. The lowest BCUT2D eigenvalue weighted by molar-refractivity contribution is -0.142. The number of carbonyl (C=O) groups excluding carboxylic acids is 1. The van der Waals surface area contributed by atoms with Crippen LogP contribution in [-0.2, 0) is 16.1 Å². The highest BCUT2D eigenvalue weighted by atomic mass is 16.5. The third-order valence-corrected chi connectivity index (χ3v) is 3.06. The van der Waals surface area contributed by atoms with Crippen LogP contribution in [-0.4, -0.2) is 25.9 Å². The first-order valence-electron chi connectivity index (χ1n) is 6.78. The molecule has 0 spiro atoms. The zero-order chi connectivity index (χ0) is 15.4. The van der Waals surface area contributed by atoms with E-state index in [0.29, 0.717) is 11.5 Å². The number of rotatable bonds is 4. The number of nitrogens with one attached hydrogen (secondary N) is 1. The van der Waals surface area contributed by atoms with Gasteiger partial charge in [0.15, 0.2) is 5.82 Å². The Kier molecular flexibility index (Phi) is 3.91. The van der Waals surface area contributed by atoms with Crippen LogP contribution in [0.25, 0.3) is 22.9 Å². The molecule has 0 aromatic carbocycles. The molecular weight excluding hydrogens is 280 g/mol. The van der Waals surface area contributed by atoms with Gasteiger partial charge in [0.05, 0.1) is 17.6 Å². The number of ether oxygens (including phenoxy) is 1. The summed E-state index contributed by atoms with van der Waals surface area (Å²) in [6.45, 7) is 1.54. The lowest BCUT2D eigenvalue weighted by Gasteiger charge is -2.06. The minimum absolute atomic E-state index is 0.165. The zero-order valence-corrected chi connectivity index (χ0v) is 12.0. The Bertz CT molecular complexity index is 784. The number of esters is 1. The van der Waals surface area contributed by atoms with Crippen LogP contribution in [0, 0.1) is 0 Å². The van der Waals surface area contributed by atoms with Gasteiger partial charge in [-0.25, -0.2) is 4.98 Å². The Balaban J connectivity index is 1.92. The summed E-state index contributed by atoms with van der Waals surface area (Å²) in [6.07, 6.45) is 5.11. The van der Waals surface area contributed by atoms with Crippen molar-refractivity contribution in [2.45, 2.75) is 13.5 Å². The molecule has 0 bridgehead atoms. The van der Waals surface area contributed by atoms with Gasteiger partial charge < -0.3 is 9.72 Å². The second-order valence-electron chi connectivity index (χ2n) is 4.65. The molecule has 3 aromatic heterocycles. The van der Waals surface area contributed by atoms with Crippen LogP contribution in [0.15, 0.2) is 48.9 Å². The summed E-state index contributed by atoms with van der Waals surface area (Å²) in [4.78, 5) is 27.1. The van der Waals surface area contributed by atoms with Gasteiger partial charge in [-0.3, -0.25) is 14.8 Å². The molecule has 0 unspecified atom stereocenters. The van der Waals surface area contributed by atoms with E-state index in [1.807, 2.05) is 24.3 Å². The lowest BCUT2D eigenvalue weighted by Crippen LogP contribution is -2.02. The van der Waals surface area contributed by atoms with E-state index in [1.54, 1.807) is 24.7 Å². The average molecular weight is 294 g/mol. The maximum atomic E-state index is 11.0. The first kappa shape index (κ1) is 13.9. The molecule has 3 aromatic rings. The second-order valence-corrected chi connectivity index (χ2v) is 4.65. The summed E-state index contributed by atoms with van der Waals surface area (Å²) in [5, 5.41) is 0. The number of hydrogen-bond donors (Lipinski definition) is 1. The Labute approximate surface area is 127 Å². The van der Waals surface area contributed by atoms with Gasteiger partial charge in [0.25, 0.3) is 0 Å². The number of nitrogens with zero attached hydrogens (tertiary/aromatic N) is 3. The fraction of sp³-hybridized carbons (Fsp3) is 0.125. The molecule has 0 saturated heterocycles. The van der Waals surface area contributed by atoms with Gasteiger partial charge in [-0.15, -0.1) is 0 Å². The first-order chi connectivity index (χ1) is 10.7. The van der Waals surface area contributed by atoms with Crippen molar-refractivity contribution >= 4 is 5.97 Å². The zero-order valence-electron chi connectivity index (χ0n) is 12.0. The van der Waals surface area contributed by atoms with Gasteiger partial charge in [-0.1, -0.05) is 12.1 Å². The quantitative estimate of drug-likeness (QED) is 0.748. The molecule has 22 heavy (non-hydrogen) atoms. The standard InChI is InChI=1S/C16H14N4O2/c1-11(21)22-10-12-5-4-8-18-15(12)16-19-9-14(20-16)13-6-2-3-7-17-13/h2-9H,10H2,1H3,(H,19,20). The molecule has 0 saturated carbocycles. The summed E-state index contributed by atoms with van der Waals surface area (Å²) in [7, 11) is 0. The smallest absolute Gasteiger partial charge is 0.302 e. The van der Waals surface area contributed by atoms with E-state index in [1.165, 1.54) is 6.92 Å². The highest BCUT2D eigenvalue weighted by Crippen LogP contribution is 2.22. The van der Waals surface area contributed by atoms with Crippen LogP contribution in [0.3, 0.4) is 0 Å². The predicted octanol–water partition coefficient (Wildman–Crippen LogP) is 2.60. The highest BCUT2D eigenvalue weighted by molar-refractivity contribution is 5.66. The van der Waals surface area contributed by atoms with E-state index < -0.39 is 0 Å². The molecule has 0 amide bonds. The molecule has 3 heterocycles. The van der Waals surface area contributed by atoms with E-state index in [-0.39, 0.29) is 12.6 Å². The summed E-state index contributed by atoms with van der Waals surface area (Å²) in [6, 6.07) is 9.32. The Morgan fingerprint density at radius 1 is 1.14 bits per heavy atom. The van der Waals surface area contributed by atoms with Crippen LogP contribution in [0.5, 0.6) is 0 Å². The topological polar surface area (TPSA) is 80.8 Å². The molecule has 110 valence electrons.